The molecule has 0 radical (unpaired) electrons. The SMILES string of the molecule is O=C(CO)c1ncc(CNCc2cc(F)cc(F)c2)c(CO)c1O. The molecule has 6 nitrogen and oxygen atoms in total. The summed E-state index contributed by atoms with van der Waals surface area (Å²) in [6.07, 6.45) is 1.29. The zero-order valence-electron chi connectivity index (χ0n) is 12.6. The predicted octanol–water partition coefficient (Wildman–Crippen LogP) is 1.02. The Balaban J connectivity index is 2.12. The lowest BCUT2D eigenvalue weighted by Crippen LogP contribution is -2.16. The van der Waals surface area contributed by atoms with Crippen LogP contribution in [0.1, 0.15) is 27.2 Å². The number of aliphatic hydroxyl groups is 2. The zero-order valence-corrected chi connectivity index (χ0v) is 12.6. The average Bonchev–Trinajstić information content (AvgIpc) is 2.53. The highest BCUT2D eigenvalue weighted by atomic mass is 19.1. The fourth-order valence-electron chi connectivity index (χ4n) is 2.24. The number of nitrogens with zero attached hydrogens (tertiary/aromatic N) is 1. The van der Waals surface area contributed by atoms with E-state index >= 15 is 0 Å². The van der Waals surface area contributed by atoms with Crippen LogP contribution in [0.15, 0.2) is 24.4 Å². The first-order valence-electron chi connectivity index (χ1n) is 7.06. The van der Waals surface area contributed by atoms with Crippen molar-refractivity contribution in [2.45, 2.75) is 19.7 Å². The molecular weight excluding hydrogens is 322 g/mol. The van der Waals surface area contributed by atoms with Gasteiger partial charge in [-0.15, -0.1) is 0 Å². The molecule has 2 rings (SSSR count). The summed E-state index contributed by atoms with van der Waals surface area (Å²) in [4.78, 5) is 15.2. The largest absolute Gasteiger partial charge is 0.505 e. The van der Waals surface area contributed by atoms with E-state index in [0.29, 0.717) is 11.1 Å². The topological polar surface area (TPSA) is 103 Å². The number of aromatic nitrogens is 1. The number of halogens is 2. The number of carbonyl (C=O) groups is 1. The summed E-state index contributed by atoms with van der Waals surface area (Å²) in [6.45, 7) is -1.06. The van der Waals surface area contributed by atoms with Crippen LogP contribution in [0.4, 0.5) is 8.78 Å². The van der Waals surface area contributed by atoms with Crippen LogP contribution < -0.4 is 5.32 Å². The summed E-state index contributed by atoms with van der Waals surface area (Å²) in [5.74, 6) is -2.63. The first-order valence-corrected chi connectivity index (χ1v) is 7.06. The van der Waals surface area contributed by atoms with E-state index in [1.807, 2.05) is 0 Å². The van der Waals surface area contributed by atoms with Crippen molar-refractivity contribution < 1.29 is 28.9 Å². The van der Waals surface area contributed by atoms with Crippen LogP contribution in [0.5, 0.6) is 5.75 Å². The van der Waals surface area contributed by atoms with Crippen LogP contribution >= 0.6 is 0 Å². The summed E-state index contributed by atoms with van der Waals surface area (Å²) in [7, 11) is 0. The first-order chi connectivity index (χ1) is 11.5. The highest BCUT2D eigenvalue weighted by molar-refractivity contribution is 5.97. The molecular formula is C16H16F2N2O4. The van der Waals surface area contributed by atoms with Gasteiger partial charge in [-0.2, -0.15) is 0 Å². The lowest BCUT2D eigenvalue weighted by atomic mass is 10.1. The Bertz CT molecular complexity index is 733. The highest BCUT2D eigenvalue weighted by Gasteiger charge is 2.18. The summed E-state index contributed by atoms with van der Waals surface area (Å²) in [5, 5.41) is 31.1. The molecule has 2 aromatic rings. The molecule has 128 valence electrons. The van der Waals surface area contributed by atoms with Gasteiger partial charge in [0, 0.05) is 30.9 Å². The maximum Gasteiger partial charge on any atom is 0.210 e. The number of ketones is 1. The zero-order chi connectivity index (χ0) is 17.7. The number of nitrogens with one attached hydrogen (secondary N) is 1. The van der Waals surface area contributed by atoms with Crippen molar-refractivity contribution in [3.05, 3.63) is 58.4 Å². The second kappa shape index (κ2) is 7.91. The molecule has 0 aliphatic rings. The maximum atomic E-state index is 13.1. The molecule has 0 aliphatic heterocycles. The minimum absolute atomic E-state index is 0.0970. The second-order valence-corrected chi connectivity index (χ2v) is 5.08. The van der Waals surface area contributed by atoms with E-state index in [9.17, 15) is 23.8 Å². The van der Waals surface area contributed by atoms with Crippen LogP contribution in [0, 0.1) is 11.6 Å². The number of carbonyl (C=O) groups excluding carboxylic acids is 1. The van der Waals surface area contributed by atoms with Gasteiger partial charge in [0.1, 0.15) is 18.2 Å². The van der Waals surface area contributed by atoms with E-state index in [-0.39, 0.29) is 24.3 Å². The van der Waals surface area contributed by atoms with Gasteiger partial charge < -0.3 is 20.6 Å². The molecule has 0 spiro atoms. The molecule has 8 heteroatoms. The van der Waals surface area contributed by atoms with Crippen molar-refractivity contribution in [3.63, 3.8) is 0 Å². The Morgan fingerprint density at radius 1 is 1.12 bits per heavy atom. The summed E-state index contributed by atoms with van der Waals surface area (Å²) in [5.41, 5.74) is 0.584. The van der Waals surface area contributed by atoms with Gasteiger partial charge >= 0.3 is 0 Å². The summed E-state index contributed by atoms with van der Waals surface area (Å²) < 4.78 is 26.2. The number of rotatable bonds is 7. The Morgan fingerprint density at radius 2 is 1.79 bits per heavy atom. The standard InChI is InChI=1S/C16H16F2N2O4/c17-11-1-9(2-12(18)3-11)4-19-5-10-6-20-15(14(23)8-22)16(24)13(10)7-21/h1-3,6,19,21-22,24H,4-5,7-8H2. The van der Waals surface area contributed by atoms with Crippen LogP contribution in [0.2, 0.25) is 0 Å². The van der Waals surface area contributed by atoms with Crippen molar-refractivity contribution in [2.75, 3.05) is 6.61 Å². The minimum atomic E-state index is -0.811. The third-order valence-electron chi connectivity index (χ3n) is 3.38. The van der Waals surface area contributed by atoms with Crippen molar-refractivity contribution in [3.8, 4) is 5.75 Å². The van der Waals surface area contributed by atoms with Crippen LogP contribution in [-0.2, 0) is 19.7 Å². The van der Waals surface area contributed by atoms with E-state index in [1.165, 1.54) is 18.3 Å². The average molecular weight is 338 g/mol. The van der Waals surface area contributed by atoms with Crippen molar-refractivity contribution in [1.29, 1.82) is 0 Å². The van der Waals surface area contributed by atoms with Crippen LogP contribution in [0.25, 0.3) is 0 Å². The molecule has 1 aromatic carbocycles. The molecule has 1 heterocycles. The summed E-state index contributed by atoms with van der Waals surface area (Å²) in [6, 6.07) is 3.13. The molecule has 0 atom stereocenters. The number of aromatic hydroxyl groups is 1. The van der Waals surface area contributed by atoms with Gasteiger partial charge in [0.2, 0.25) is 5.78 Å². The lowest BCUT2D eigenvalue weighted by Gasteiger charge is -2.12. The fourth-order valence-corrected chi connectivity index (χ4v) is 2.24. The van der Waals surface area contributed by atoms with E-state index < -0.39 is 36.4 Å². The summed E-state index contributed by atoms with van der Waals surface area (Å²) >= 11 is 0. The monoisotopic (exact) mass is 338 g/mol. The minimum Gasteiger partial charge on any atom is -0.505 e. The van der Waals surface area contributed by atoms with Crippen LogP contribution in [0.3, 0.4) is 0 Å². The Labute approximate surface area is 136 Å². The maximum absolute atomic E-state index is 13.1. The highest BCUT2D eigenvalue weighted by Crippen LogP contribution is 2.24. The number of hydrogen-bond acceptors (Lipinski definition) is 6. The lowest BCUT2D eigenvalue weighted by molar-refractivity contribution is 0.0895. The van der Waals surface area contributed by atoms with E-state index in [0.717, 1.165) is 6.07 Å². The molecule has 0 bridgehead atoms. The molecule has 0 aliphatic carbocycles. The van der Waals surface area contributed by atoms with Gasteiger partial charge in [-0.1, -0.05) is 0 Å². The number of Topliss-reactive ketones (excluding diaryl/α,β-unsaturated/α-hetero) is 1. The Kier molecular flexibility index (Phi) is 5.91. The quantitative estimate of drug-likeness (QED) is 0.562. The number of hydrogen-bond donors (Lipinski definition) is 4. The molecule has 4 N–H and O–H groups in total. The van der Waals surface area contributed by atoms with Crippen LogP contribution in [-0.4, -0.2) is 32.7 Å². The third kappa shape index (κ3) is 4.10. The van der Waals surface area contributed by atoms with Gasteiger partial charge in [0.15, 0.2) is 11.4 Å². The van der Waals surface area contributed by atoms with Gasteiger partial charge in [0.05, 0.1) is 6.61 Å². The number of pyridine rings is 1. The van der Waals surface area contributed by atoms with E-state index in [1.54, 1.807) is 0 Å². The molecule has 0 saturated carbocycles. The molecule has 0 saturated heterocycles. The molecule has 24 heavy (non-hydrogen) atoms. The normalized spacial score (nSPS) is 10.8. The van der Waals surface area contributed by atoms with Gasteiger partial charge in [-0.3, -0.25) is 4.79 Å². The first kappa shape index (κ1) is 17.9. The molecule has 0 amide bonds. The van der Waals surface area contributed by atoms with Gasteiger partial charge in [-0.25, -0.2) is 13.8 Å². The van der Waals surface area contributed by atoms with Crippen molar-refractivity contribution in [1.82, 2.24) is 10.3 Å². The Hall–Kier alpha value is -2.42. The Morgan fingerprint density at radius 3 is 2.38 bits per heavy atom. The number of benzene rings is 1. The molecule has 0 fully saturated rings. The smallest absolute Gasteiger partial charge is 0.210 e. The van der Waals surface area contributed by atoms with Gasteiger partial charge in [0.25, 0.3) is 0 Å². The number of aliphatic hydroxyl groups excluding tert-OH is 2. The molecule has 0 unspecified atom stereocenters. The fraction of sp³-hybridized carbons (Fsp3) is 0.250. The van der Waals surface area contributed by atoms with E-state index in [4.69, 9.17) is 5.11 Å². The van der Waals surface area contributed by atoms with E-state index in [2.05, 4.69) is 10.3 Å². The van der Waals surface area contributed by atoms with Crippen molar-refractivity contribution >= 4 is 5.78 Å². The third-order valence-corrected chi connectivity index (χ3v) is 3.38. The van der Waals surface area contributed by atoms with Gasteiger partial charge in [-0.05, 0) is 23.3 Å². The second-order valence-electron chi connectivity index (χ2n) is 5.08. The molecule has 1 aromatic heterocycles. The van der Waals surface area contributed by atoms with Crippen molar-refractivity contribution in [2.24, 2.45) is 0 Å². The predicted molar refractivity (Wildman–Crippen MR) is 80.1 cm³/mol.